The number of hydrogen-bond acceptors (Lipinski definition) is 3. The third-order valence-corrected chi connectivity index (χ3v) is 3.01. The molecule has 0 saturated heterocycles. The molecule has 0 bridgehead atoms. The Morgan fingerprint density at radius 1 is 1.38 bits per heavy atom. The van der Waals surface area contributed by atoms with Gasteiger partial charge in [0.25, 0.3) is 0 Å². The van der Waals surface area contributed by atoms with E-state index in [1.165, 1.54) is 4.90 Å². The quantitative estimate of drug-likeness (QED) is 0.873. The van der Waals surface area contributed by atoms with Crippen LogP contribution < -0.4 is 0 Å². The van der Waals surface area contributed by atoms with Crippen LogP contribution >= 0.6 is 0 Å². The fourth-order valence-corrected chi connectivity index (χ4v) is 2.20. The van der Waals surface area contributed by atoms with E-state index in [0.717, 1.165) is 5.65 Å². The van der Waals surface area contributed by atoms with Crippen molar-refractivity contribution in [1.29, 1.82) is 0 Å². The maximum atomic E-state index is 12.3. The van der Waals surface area contributed by atoms with Gasteiger partial charge in [-0.15, -0.1) is 0 Å². The van der Waals surface area contributed by atoms with E-state index >= 15 is 0 Å². The number of amides is 1. The number of imidazole rings is 1. The van der Waals surface area contributed by atoms with Gasteiger partial charge in [0.2, 0.25) is 5.91 Å². The summed E-state index contributed by atoms with van der Waals surface area (Å²) in [6.07, 6.45) is 3.77. The second-order valence-electron chi connectivity index (χ2n) is 5.44. The maximum Gasteiger partial charge on any atom is 0.323 e. The summed E-state index contributed by atoms with van der Waals surface area (Å²) in [6, 6.07) is 5.62. The Kier molecular flexibility index (Phi) is 4.57. The van der Waals surface area contributed by atoms with Crippen LogP contribution in [0.1, 0.15) is 19.5 Å². The molecule has 0 unspecified atom stereocenters. The van der Waals surface area contributed by atoms with Crippen molar-refractivity contribution in [3.05, 3.63) is 36.3 Å². The summed E-state index contributed by atoms with van der Waals surface area (Å²) in [7, 11) is 0. The topological polar surface area (TPSA) is 74.9 Å². The van der Waals surface area contributed by atoms with Gasteiger partial charge in [-0.2, -0.15) is 0 Å². The van der Waals surface area contributed by atoms with Gasteiger partial charge in [0.05, 0.1) is 12.1 Å². The first-order chi connectivity index (χ1) is 9.95. The number of rotatable bonds is 6. The van der Waals surface area contributed by atoms with Crippen molar-refractivity contribution in [2.75, 3.05) is 13.1 Å². The Morgan fingerprint density at radius 3 is 2.76 bits per heavy atom. The zero-order valence-corrected chi connectivity index (χ0v) is 12.2. The molecular formula is C15H19N3O3. The van der Waals surface area contributed by atoms with Crippen molar-refractivity contribution in [3.8, 4) is 0 Å². The predicted octanol–water partition coefficient (Wildman–Crippen LogP) is 1.45. The van der Waals surface area contributed by atoms with Gasteiger partial charge >= 0.3 is 5.97 Å². The molecule has 2 heterocycles. The number of carboxylic acids is 1. The lowest BCUT2D eigenvalue weighted by molar-refractivity contribution is -0.144. The minimum absolute atomic E-state index is 0.113. The van der Waals surface area contributed by atoms with Gasteiger partial charge in [0.1, 0.15) is 12.2 Å². The highest BCUT2D eigenvalue weighted by molar-refractivity contribution is 5.82. The molecule has 1 amide bonds. The monoisotopic (exact) mass is 289 g/mol. The normalized spacial score (nSPS) is 11.0. The number of aliphatic carboxylic acids is 1. The average Bonchev–Trinajstić information content (AvgIpc) is 2.78. The molecule has 2 rings (SSSR count). The van der Waals surface area contributed by atoms with Gasteiger partial charge in [0, 0.05) is 18.9 Å². The summed E-state index contributed by atoms with van der Waals surface area (Å²) in [5.74, 6) is -0.997. The number of carboxylic acid groups (broad SMARTS) is 1. The molecule has 0 radical (unpaired) electrons. The number of carbonyl (C=O) groups excluding carboxylic acids is 1. The van der Waals surface area contributed by atoms with Crippen LogP contribution in [0.2, 0.25) is 0 Å². The minimum Gasteiger partial charge on any atom is -0.480 e. The number of aromatic nitrogens is 2. The first-order valence-corrected chi connectivity index (χ1v) is 6.88. The first kappa shape index (κ1) is 15.0. The second kappa shape index (κ2) is 6.39. The van der Waals surface area contributed by atoms with Crippen LogP contribution in [0.15, 0.2) is 30.6 Å². The van der Waals surface area contributed by atoms with Gasteiger partial charge in [-0.3, -0.25) is 9.59 Å². The van der Waals surface area contributed by atoms with E-state index in [2.05, 4.69) is 4.98 Å². The van der Waals surface area contributed by atoms with Crippen LogP contribution in [-0.2, 0) is 16.0 Å². The van der Waals surface area contributed by atoms with Crippen LogP contribution in [0.3, 0.4) is 0 Å². The molecule has 0 aliphatic rings. The van der Waals surface area contributed by atoms with E-state index in [4.69, 9.17) is 5.11 Å². The molecule has 2 aromatic heterocycles. The summed E-state index contributed by atoms with van der Waals surface area (Å²) in [4.78, 5) is 28.9. The van der Waals surface area contributed by atoms with Crippen LogP contribution in [0.25, 0.3) is 5.65 Å². The molecule has 0 spiro atoms. The highest BCUT2D eigenvalue weighted by Gasteiger charge is 2.19. The average molecular weight is 289 g/mol. The predicted molar refractivity (Wildman–Crippen MR) is 77.9 cm³/mol. The molecule has 2 aromatic rings. The van der Waals surface area contributed by atoms with Gasteiger partial charge in [0.15, 0.2) is 0 Å². The largest absolute Gasteiger partial charge is 0.480 e. The van der Waals surface area contributed by atoms with Crippen LogP contribution in [0.5, 0.6) is 0 Å². The lowest BCUT2D eigenvalue weighted by Gasteiger charge is -2.22. The Labute approximate surface area is 123 Å². The molecular weight excluding hydrogens is 270 g/mol. The van der Waals surface area contributed by atoms with Gasteiger partial charge in [-0.05, 0) is 18.1 Å². The van der Waals surface area contributed by atoms with Crippen molar-refractivity contribution in [2.24, 2.45) is 5.92 Å². The maximum absolute atomic E-state index is 12.3. The zero-order valence-electron chi connectivity index (χ0n) is 12.2. The van der Waals surface area contributed by atoms with Gasteiger partial charge in [-0.1, -0.05) is 19.9 Å². The first-order valence-electron chi connectivity index (χ1n) is 6.88. The van der Waals surface area contributed by atoms with Crippen LogP contribution in [0, 0.1) is 5.92 Å². The van der Waals surface area contributed by atoms with Crippen molar-refractivity contribution in [2.45, 2.75) is 20.3 Å². The van der Waals surface area contributed by atoms with E-state index in [1.54, 1.807) is 6.20 Å². The van der Waals surface area contributed by atoms with E-state index < -0.39 is 5.97 Å². The molecule has 0 saturated carbocycles. The van der Waals surface area contributed by atoms with E-state index in [9.17, 15) is 9.59 Å². The number of pyridine rings is 1. The van der Waals surface area contributed by atoms with E-state index in [-0.39, 0.29) is 24.8 Å². The van der Waals surface area contributed by atoms with Crippen molar-refractivity contribution in [3.63, 3.8) is 0 Å². The smallest absolute Gasteiger partial charge is 0.323 e. The third kappa shape index (κ3) is 4.05. The van der Waals surface area contributed by atoms with Crippen molar-refractivity contribution >= 4 is 17.5 Å². The molecule has 0 aromatic carbocycles. The lowest BCUT2D eigenvalue weighted by atomic mass is 10.2. The lowest BCUT2D eigenvalue weighted by Crippen LogP contribution is -2.39. The third-order valence-electron chi connectivity index (χ3n) is 3.01. The summed E-state index contributed by atoms with van der Waals surface area (Å²) in [5, 5.41) is 8.91. The summed E-state index contributed by atoms with van der Waals surface area (Å²) >= 11 is 0. The molecule has 0 fully saturated rings. The number of carbonyl (C=O) groups is 2. The van der Waals surface area contributed by atoms with Crippen LogP contribution in [-0.4, -0.2) is 44.4 Å². The second-order valence-corrected chi connectivity index (χ2v) is 5.44. The Bertz CT molecular complexity index is 615. The van der Waals surface area contributed by atoms with Crippen molar-refractivity contribution in [1.82, 2.24) is 14.3 Å². The molecule has 1 N–H and O–H groups in total. The molecule has 21 heavy (non-hydrogen) atoms. The minimum atomic E-state index is -1.00. The SMILES string of the molecule is CC(C)CN(CC(=O)O)C(=O)Cc1cn2ccccc2n1. The van der Waals surface area contributed by atoms with Gasteiger partial charge in [-0.25, -0.2) is 4.98 Å². The number of hydrogen-bond donors (Lipinski definition) is 1. The van der Waals surface area contributed by atoms with Crippen molar-refractivity contribution < 1.29 is 14.7 Å². The molecule has 6 nitrogen and oxygen atoms in total. The summed E-state index contributed by atoms with van der Waals surface area (Å²) in [5.41, 5.74) is 1.42. The van der Waals surface area contributed by atoms with Crippen LogP contribution in [0.4, 0.5) is 0 Å². The fourth-order valence-electron chi connectivity index (χ4n) is 2.20. The van der Waals surface area contributed by atoms with E-state index in [1.807, 2.05) is 42.6 Å². The fraction of sp³-hybridized carbons (Fsp3) is 0.400. The van der Waals surface area contributed by atoms with Gasteiger partial charge < -0.3 is 14.4 Å². The standard InChI is InChI=1S/C15H19N3O3/c1-11(2)8-18(10-15(20)21)14(19)7-12-9-17-6-4-3-5-13(17)16-12/h3-6,9,11H,7-8,10H2,1-2H3,(H,20,21). The Hall–Kier alpha value is -2.37. The molecule has 6 heteroatoms. The highest BCUT2D eigenvalue weighted by Crippen LogP contribution is 2.08. The number of fused-ring (bicyclic) bond motifs is 1. The number of nitrogens with zero attached hydrogens (tertiary/aromatic N) is 3. The highest BCUT2D eigenvalue weighted by atomic mass is 16.4. The summed E-state index contributed by atoms with van der Waals surface area (Å²) in [6.45, 7) is 4.06. The van der Waals surface area contributed by atoms with E-state index in [0.29, 0.717) is 12.2 Å². The Balaban J connectivity index is 2.11. The summed E-state index contributed by atoms with van der Waals surface area (Å²) < 4.78 is 1.84. The molecule has 0 atom stereocenters. The zero-order chi connectivity index (χ0) is 15.4. The molecule has 0 aliphatic carbocycles. The Morgan fingerprint density at radius 2 is 2.14 bits per heavy atom. The molecule has 0 aliphatic heterocycles. The molecule has 112 valence electrons.